The third-order valence-electron chi connectivity index (χ3n) is 4.31. The van der Waals surface area contributed by atoms with Crippen molar-refractivity contribution in [2.45, 2.75) is 59.0 Å². The molecule has 0 aliphatic carbocycles. The van der Waals surface area contributed by atoms with E-state index in [4.69, 9.17) is 5.73 Å². The monoisotopic (exact) mass is 358 g/mol. The number of aliphatic hydroxyl groups is 1. The fraction of sp³-hybridized carbons (Fsp3) is 0.526. The van der Waals surface area contributed by atoms with Crippen molar-refractivity contribution in [2.75, 3.05) is 17.7 Å². The maximum absolute atomic E-state index is 9.38. The Hall–Kier alpha value is -2.41. The molecule has 2 heterocycles. The predicted octanol–water partition coefficient (Wildman–Crippen LogP) is 3.36. The van der Waals surface area contributed by atoms with Crippen molar-refractivity contribution in [3.63, 3.8) is 0 Å². The van der Waals surface area contributed by atoms with Gasteiger partial charge in [0.2, 0.25) is 5.95 Å². The zero-order valence-electron chi connectivity index (χ0n) is 15.9. The van der Waals surface area contributed by atoms with Crippen LogP contribution in [0.5, 0.6) is 0 Å². The molecule has 0 radical (unpaired) electrons. The number of allylic oxidation sites excluding steroid dienone is 2. The third kappa shape index (κ3) is 5.05. The average Bonchev–Trinajstić information content (AvgIpc) is 3.02. The van der Waals surface area contributed by atoms with Gasteiger partial charge in [-0.1, -0.05) is 25.8 Å². The lowest BCUT2D eigenvalue weighted by atomic mass is 10.1. The molecule has 2 rings (SSSR count). The van der Waals surface area contributed by atoms with Gasteiger partial charge in [0.1, 0.15) is 5.52 Å². The molecule has 26 heavy (non-hydrogen) atoms. The van der Waals surface area contributed by atoms with Crippen molar-refractivity contribution in [1.29, 1.82) is 0 Å². The number of anilines is 2. The first kappa shape index (κ1) is 19.9. The number of hydrogen-bond acceptors (Lipinski definition) is 6. The van der Waals surface area contributed by atoms with E-state index in [2.05, 4.69) is 31.8 Å². The minimum atomic E-state index is 0.139. The number of aliphatic hydroxyl groups excluding tert-OH is 1. The third-order valence-corrected chi connectivity index (χ3v) is 4.31. The Kier molecular flexibility index (Phi) is 7.59. The van der Waals surface area contributed by atoms with Crippen molar-refractivity contribution in [3.05, 3.63) is 24.0 Å². The number of unbranched alkanes of at least 4 members (excludes halogenated alkanes) is 1. The Morgan fingerprint density at radius 3 is 2.85 bits per heavy atom. The number of aliphatic imine (C=N–C) groups is 1. The van der Waals surface area contributed by atoms with Crippen LogP contribution >= 0.6 is 0 Å². The van der Waals surface area contributed by atoms with Crippen LogP contribution in [0.15, 0.2) is 29.0 Å². The lowest BCUT2D eigenvalue weighted by molar-refractivity contribution is 0.276. The molecular weight excluding hydrogens is 328 g/mol. The highest BCUT2D eigenvalue weighted by atomic mass is 16.3. The Balaban J connectivity index is 2.39. The normalized spacial score (nSPS) is 13.6. The number of hydrogen-bond donors (Lipinski definition) is 3. The van der Waals surface area contributed by atoms with Gasteiger partial charge in [-0.25, -0.2) is 4.98 Å². The molecule has 4 N–H and O–H groups in total. The first-order valence-corrected chi connectivity index (χ1v) is 9.26. The van der Waals surface area contributed by atoms with E-state index >= 15 is 0 Å². The van der Waals surface area contributed by atoms with E-state index < -0.39 is 0 Å². The molecule has 1 atom stereocenters. The van der Waals surface area contributed by atoms with Gasteiger partial charge in [-0.05, 0) is 32.8 Å². The standard InChI is InChI=1S/C19H30N6O/c1-4-7-8-15(10-12-26)22-18-17-16(23-19(20)24-18)9-11-25(17)13-14(5-2)21-6-3/h5-6,9,11,15,26H,4,7-8,10,12-13H2,1-3H3,(H3,20,22,23,24)/b14-5-,21-6-/t15-/m0/s1. The van der Waals surface area contributed by atoms with Crippen molar-refractivity contribution in [2.24, 2.45) is 4.99 Å². The van der Waals surface area contributed by atoms with Gasteiger partial charge in [0.05, 0.1) is 17.8 Å². The molecule has 0 saturated carbocycles. The second kappa shape index (κ2) is 9.91. The van der Waals surface area contributed by atoms with Crippen molar-refractivity contribution in [3.8, 4) is 0 Å². The summed E-state index contributed by atoms with van der Waals surface area (Å²) in [6.07, 6.45) is 9.61. The Morgan fingerprint density at radius 1 is 1.38 bits per heavy atom. The Morgan fingerprint density at radius 2 is 2.19 bits per heavy atom. The number of fused-ring (bicyclic) bond motifs is 1. The summed E-state index contributed by atoms with van der Waals surface area (Å²) in [4.78, 5) is 13.2. The van der Waals surface area contributed by atoms with E-state index in [9.17, 15) is 5.11 Å². The lowest BCUT2D eigenvalue weighted by Gasteiger charge is -2.19. The highest BCUT2D eigenvalue weighted by Gasteiger charge is 2.16. The minimum absolute atomic E-state index is 0.139. The van der Waals surface area contributed by atoms with Gasteiger partial charge in [0.15, 0.2) is 5.82 Å². The molecule has 0 fully saturated rings. The average molecular weight is 358 g/mol. The fourth-order valence-electron chi connectivity index (χ4n) is 2.99. The number of rotatable bonds is 10. The quantitative estimate of drug-likeness (QED) is 0.565. The summed E-state index contributed by atoms with van der Waals surface area (Å²) in [5, 5.41) is 12.9. The summed E-state index contributed by atoms with van der Waals surface area (Å²) in [6.45, 7) is 6.81. The van der Waals surface area contributed by atoms with Crippen molar-refractivity contribution in [1.82, 2.24) is 14.5 Å². The van der Waals surface area contributed by atoms with Gasteiger partial charge in [-0.15, -0.1) is 0 Å². The predicted molar refractivity (Wildman–Crippen MR) is 109 cm³/mol. The van der Waals surface area contributed by atoms with Crippen LogP contribution in [-0.2, 0) is 6.54 Å². The van der Waals surface area contributed by atoms with E-state index in [0.717, 1.165) is 36.0 Å². The van der Waals surface area contributed by atoms with Crippen LogP contribution in [0.3, 0.4) is 0 Å². The number of nitrogens with one attached hydrogen (secondary N) is 1. The second-order valence-corrected chi connectivity index (χ2v) is 6.27. The van der Waals surface area contributed by atoms with Gasteiger partial charge in [-0.3, -0.25) is 4.99 Å². The molecule has 0 aromatic carbocycles. The maximum atomic E-state index is 9.38. The summed E-state index contributed by atoms with van der Waals surface area (Å²) < 4.78 is 2.08. The summed E-state index contributed by atoms with van der Waals surface area (Å²) in [6, 6.07) is 2.09. The zero-order valence-corrected chi connectivity index (χ0v) is 15.9. The van der Waals surface area contributed by atoms with Crippen LogP contribution < -0.4 is 11.1 Å². The molecule has 0 bridgehead atoms. The smallest absolute Gasteiger partial charge is 0.222 e. The van der Waals surface area contributed by atoms with Crippen LogP contribution in [0, 0.1) is 0 Å². The molecule has 7 heteroatoms. The largest absolute Gasteiger partial charge is 0.396 e. The molecule has 142 valence electrons. The Bertz CT molecular complexity index is 765. The first-order chi connectivity index (χ1) is 12.6. The molecule has 2 aromatic rings. The molecular formula is C19H30N6O. The SMILES string of the molecule is C/C=N\C(=C/C)Cn1ccc2nc(N)nc(N[C@H](CCO)CCCC)c21. The highest BCUT2D eigenvalue weighted by molar-refractivity contribution is 5.87. The number of aromatic nitrogens is 3. The van der Waals surface area contributed by atoms with Gasteiger partial charge < -0.3 is 20.7 Å². The van der Waals surface area contributed by atoms with Gasteiger partial charge in [-0.2, -0.15) is 4.98 Å². The zero-order chi connectivity index (χ0) is 18.9. The van der Waals surface area contributed by atoms with Crippen LogP contribution in [0.4, 0.5) is 11.8 Å². The van der Waals surface area contributed by atoms with Crippen molar-refractivity contribution >= 4 is 29.0 Å². The van der Waals surface area contributed by atoms with E-state index in [1.165, 1.54) is 0 Å². The van der Waals surface area contributed by atoms with E-state index in [-0.39, 0.29) is 18.6 Å². The van der Waals surface area contributed by atoms with Gasteiger partial charge in [0, 0.05) is 25.1 Å². The van der Waals surface area contributed by atoms with Crippen LogP contribution in [-0.4, -0.2) is 38.5 Å². The summed E-state index contributed by atoms with van der Waals surface area (Å²) in [5.74, 6) is 0.955. The first-order valence-electron chi connectivity index (χ1n) is 9.26. The summed E-state index contributed by atoms with van der Waals surface area (Å²) in [7, 11) is 0. The molecule has 0 aliphatic heterocycles. The molecule has 0 spiro atoms. The number of nitrogens with zero attached hydrogens (tertiary/aromatic N) is 4. The minimum Gasteiger partial charge on any atom is -0.396 e. The molecule has 0 amide bonds. The van der Waals surface area contributed by atoms with E-state index in [0.29, 0.717) is 18.8 Å². The topological polar surface area (TPSA) is 101 Å². The second-order valence-electron chi connectivity index (χ2n) is 6.27. The number of nitrogen functional groups attached to an aromatic ring is 1. The van der Waals surface area contributed by atoms with Crippen LogP contribution in [0.25, 0.3) is 11.0 Å². The lowest BCUT2D eigenvalue weighted by Crippen LogP contribution is -2.22. The summed E-state index contributed by atoms with van der Waals surface area (Å²) in [5.41, 5.74) is 8.57. The van der Waals surface area contributed by atoms with E-state index in [1.54, 1.807) is 6.21 Å². The maximum Gasteiger partial charge on any atom is 0.222 e. The Labute approximate surface area is 155 Å². The van der Waals surface area contributed by atoms with Gasteiger partial charge in [0.25, 0.3) is 0 Å². The van der Waals surface area contributed by atoms with Gasteiger partial charge >= 0.3 is 0 Å². The summed E-state index contributed by atoms with van der Waals surface area (Å²) >= 11 is 0. The molecule has 2 aromatic heterocycles. The van der Waals surface area contributed by atoms with Crippen LogP contribution in [0.1, 0.15) is 46.5 Å². The van der Waals surface area contributed by atoms with Crippen LogP contribution in [0.2, 0.25) is 0 Å². The van der Waals surface area contributed by atoms with E-state index in [1.807, 2.05) is 32.2 Å². The molecule has 7 nitrogen and oxygen atoms in total. The highest BCUT2D eigenvalue weighted by Crippen LogP contribution is 2.25. The fourth-order valence-corrected chi connectivity index (χ4v) is 2.99. The molecule has 0 aliphatic rings. The number of nitrogens with two attached hydrogens (primary N) is 1. The molecule has 0 unspecified atom stereocenters. The molecule has 0 saturated heterocycles. The van der Waals surface area contributed by atoms with Crippen molar-refractivity contribution < 1.29 is 5.11 Å².